The molecule has 0 radical (unpaired) electrons. The van der Waals surface area contributed by atoms with Gasteiger partial charge in [-0.1, -0.05) is 23.7 Å². The number of hydrogen-bond acceptors (Lipinski definition) is 7. The van der Waals surface area contributed by atoms with E-state index in [9.17, 15) is 4.79 Å². The number of piperidine rings is 1. The smallest absolute Gasteiger partial charge is 0.309 e. The lowest BCUT2D eigenvalue weighted by molar-refractivity contribution is -0.150. The average molecular weight is 429 g/mol. The number of ether oxygens (including phenoxy) is 3. The quantitative estimate of drug-likeness (QED) is 0.576. The van der Waals surface area contributed by atoms with Gasteiger partial charge in [0.15, 0.2) is 17.1 Å². The van der Waals surface area contributed by atoms with Crippen LogP contribution in [0, 0.1) is 5.92 Å². The molecule has 1 aromatic heterocycles. The van der Waals surface area contributed by atoms with Gasteiger partial charge >= 0.3 is 5.97 Å². The van der Waals surface area contributed by atoms with Gasteiger partial charge in [-0.15, -0.1) is 0 Å². The van der Waals surface area contributed by atoms with Crippen molar-refractivity contribution in [1.82, 2.24) is 4.98 Å². The number of aromatic nitrogens is 1. The third-order valence-corrected chi connectivity index (χ3v) is 5.70. The van der Waals surface area contributed by atoms with Crippen molar-refractivity contribution in [2.24, 2.45) is 5.92 Å². The molecular formula is C22H21ClN2O5. The standard InChI is InChI=1S/C22H21ClN2O5/c23-16-11-14(12-19-20(16)28-10-9-27-19)13-29-21(26)15-5-7-25(8-6-15)22-24-17-3-1-2-4-18(17)30-22/h1-4,11-12,15H,5-10,13H2. The number of rotatable bonds is 4. The van der Waals surface area contributed by atoms with Crippen LogP contribution in [-0.4, -0.2) is 37.3 Å². The second kappa shape index (κ2) is 8.07. The molecule has 0 amide bonds. The van der Waals surface area contributed by atoms with E-state index < -0.39 is 0 Å². The van der Waals surface area contributed by atoms with Crippen molar-refractivity contribution < 1.29 is 23.4 Å². The predicted octanol–water partition coefficient (Wildman–Crippen LogP) is 4.21. The Balaban J connectivity index is 1.17. The van der Waals surface area contributed by atoms with Gasteiger partial charge in [0.1, 0.15) is 25.3 Å². The van der Waals surface area contributed by atoms with Gasteiger partial charge in [0.05, 0.1) is 10.9 Å². The van der Waals surface area contributed by atoms with Crippen molar-refractivity contribution in [3.05, 3.63) is 47.0 Å². The molecule has 0 bridgehead atoms. The van der Waals surface area contributed by atoms with Gasteiger partial charge in [0, 0.05) is 13.1 Å². The monoisotopic (exact) mass is 428 g/mol. The highest BCUT2D eigenvalue weighted by molar-refractivity contribution is 6.32. The molecule has 0 spiro atoms. The van der Waals surface area contributed by atoms with E-state index in [0.717, 1.165) is 16.7 Å². The first-order valence-corrected chi connectivity index (χ1v) is 10.4. The van der Waals surface area contributed by atoms with E-state index in [4.69, 9.17) is 30.2 Å². The number of halogens is 1. The van der Waals surface area contributed by atoms with Crippen molar-refractivity contribution in [3.63, 3.8) is 0 Å². The Hall–Kier alpha value is -2.93. The van der Waals surface area contributed by atoms with Gasteiger partial charge in [-0.25, -0.2) is 0 Å². The maximum absolute atomic E-state index is 12.6. The summed E-state index contributed by atoms with van der Waals surface area (Å²) in [6.45, 7) is 2.50. The van der Waals surface area contributed by atoms with Crippen molar-refractivity contribution in [3.8, 4) is 11.5 Å². The lowest BCUT2D eigenvalue weighted by atomic mass is 9.97. The predicted molar refractivity (Wildman–Crippen MR) is 111 cm³/mol. The van der Waals surface area contributed by atoms with Gasteiger partial charge in [-0.2, -0.15) is 4.98 Å². The zero-order chi connectivity index (χ0) is 20.5. The van der Waals surface area contributed by atoms with Crippen molar-refractivity contribution >= 4 is 34.7 Å². The highest BCUT2D eigenvalue weighted by atomic mass is 35.5. The number of fused-ring (bicyclic) bond motifs is 2. The molecular weight excluding hydrogens is 408 g/mol. The summed E-state index contributed by atoms with van der Waals surface area (Å²) >= 11 is 6.25. The van der Waals surface area contributed by atoms with E-state index in [-0.39, 0.29) is 18.5 Å². The number of esters is 1. The fourth-order valence-electron chi connectivity index (χ4n) is 3.82. The summed E-state index contributed by atoms with van der Waals surface area (Å²) in [4.78, 5) is 19.2. The first-order chi connectivity index (χ1) is 14.7. The fourth-order valence-corrected chi connectivity index (χ4v) is 4.11. The minimum Gasteiger partial charge on any atom is -0.486 e. The Morgan fingerprint density at radius 3 is 2.80 bits per heavy atom. The second-order valence-corrected chi connectivity index (χ2v) is 7.84. The summed E-state index contributed by atoms with van der Waals surface area (Å²) in [6, 6.07) is 11.9. The Kier molecular flexibility index (Phi) is 5.12. The zero-order valence-corrected chi connectivity index (χ0v) is 17.1. The van der Waals surface area contributed by atoms with Crippen LogP contribution in [0.5, 0.6) is 11.5 Å². The molecule has 2 aliphatic rings. The molecule has 0 unspecified atom stereocenters. The van der Waals surface area contributed by atoms with Crippen LogP contribution in [0.3, 0.4) is 0 Å². The van der Waals surface area contributed by atoms with Gasteiger partial charge in [-0.05, 0) is 42.7 Å². The summed E-state index contributed by atoms with van der Waals surface area (Å²) in [5, 5.41) is 0.463. The molecule has 30 heavy (non-hydrogen) atoms. The van der Waals surface area contributed by atoms with Gasteiger partial charge in [-0.3, -0.25) is 4.79 Å². The van der Waals surface area contributed by atoms with E-state index in [2.05, 4.69) is 9.88 Å². The maximum atomic E-state index is 12.6. The van der Waals surface area contributed by atoms with Crippen LogP contribution < -0.4 is 14.4 Å². The first kappa shape index (κ1) is 19.1. The number of benzene rings is 2. The number of para-hydroxylation sites is 2. The van der Waals surface area contributed by atoms with E-state index in [0.29, 0.717) is 61.7 Å². The minimum absolute atomic E-state index is 0.140. The number of nitrogens with zero attached hydrogens (tertiary/aromatic N) is 2. The van der Waals surface area contributed by atoms with E-state index in [1.54, 1.807) is 6.07 Å². The third kappa shape index (κ3) is 3.77. The molecule has 0 N–H and O–H groups in total. The van der Waals surface area contributed by atoms with Crippen LogP contribution in [0.25, 0.3) is 11.1 Å². The van der Waals surface area contributed by atoms with Crippen LogP contribution in [0.2, 0.25) is 5.02 Å². The van der Waals surface area contributed by atoms with Gasteiger partial charge in [0.25, 0.3) is 6.01 Å². The Labute approximate surface area is 178 Å². The number of oxazole rings is 1. The normalized spacial score (nSPS) is 16.6. The Bertz CT molecular complexity index is 1040. The largest absolute Gasteiger partial charge is 0.486 e. The van der Waals surface area contributed by atoms with Crippen LogP contribution in [0.15, 0.2) is 40.8 Å². The molecule has 7 nitrogen and oxygen atoms in total. The van der Waals surface area contributed by atoms with Crippen molar-refractivity contribution in [2.45, 2.75) is 19.4 Å². The highest BCUT2D eigenvalue weighted by Gasteiger charge is 2.28. The molecule has 0 aliphatic carbocycles. The van der Waals surface area contributed by atoms with Crippen molar-refractivity contribution in [2.75, 3.05) is 31.2 Å². The molecule has 156 valence electrons. The second-order valence-electron chi connectivity index (χ2n) is 7.44. The SMILES string of the molecule is O=C(OCc1cc(Cl)c2c(c1)OCCO2)C1CCN(c2nc3ccccc3o2)CC1. The summed E-state index contributed by atoms with van der Waals surface area (Å²) < 4.78 is 22.5. The summed E-state index contributed by atoms with van der Waals surface area (Å²) in [5.41, 5.74) is 2.39. The summed E-state index contributed by atoms with van der Waals surface area (Å²) in [6.07, 6.45) is 1.39. The first-order valence-electron chi connectivity index (χ1n) is 10.0. The number of carbonyl (C=O) groups excluding carboxylic acids is 1. The summed E-state index contributed by atoms with van der Waals surface area (Å²) in [7, 11) is 0. The third-order valence-electron chi connectivity index (χ3n) is 5.42. The van der Waals surface area contributed by atoms with Crippen molar-refractivity contribution in [1.29, 1.82) is 0 Å². The lowest BCUT2D eigenvalue weighted by Gasteiger charge is -2.29. The number of carbonyl (C=O) groups is 1. The molecule has 2 aromatic carbocycles. The molecule has 1 saturated heterocycles. The molecule has 0 saturated carbocycles. The van der Waals surface area contributed by atoms with Crippen LogP contribution in [0.4, 0.5) is 6.01 Å². The zero-order valence-electron chi connectivity index (χ0n) is 16.3. The molecule has 8 heteroatoms. The van der Waals surface area contributed by atoms with E-state index >= 15 is 0 Å². The molecule has 1 fully saturated rings. The average Bonchev–Trinajstić information content (AvgIpc) is 3.22. The highest BCUT2D eigenvalue weighted by Crippen LogP contribution is 2.38. The Morgan fingerprint density at radius 1 is 1.17 bits per heavy atom. The topological polar surface area (TPSA) is 74.0 Å². The lowest BCUT2D eigenvalue weighted by Crippen LogP contribution is -2.37. The van der Waals surface area contributed by atoms with E-state index in [1.165, 1.54) is 0 Å². The van der Waals surface area contributed by atoms with Gasteiger partial charge in [0.2, 0.25) is 0 Å². The number of hydrogen-bond donors (Lipinski definition) is 0. The molecule has 3 heterocycles. The molecule has 3 aromatic rings. The number of anilines is 1. The summed E-state index contributed by atoms with van der Waals surface area (Å²) in [5.74, 6) is 0.799. The molecule has 5 rings (SSSR count). The van der Waals surface area contributed by atoms with Crippen LogP contribution in [-0.2, 0) is 16.1 Å². The van der Waals surface area contributed by atoms with E-state index in [1.807, 2.05) is 30.3 Å². The molecule has 2 aliphatic heterocycles. The van der Waals surface area contributed by atoms with Crippen LogP contribution in [0.1, 0.15) is 18.4 Å². The minimum atomic E-state index is -0.196. The van der Waals surface area contributed by atoms with Gasteiger partial charge < -0.3 is 23.5 Å². The fraction of sp³-hybridized carbons (Fsp3) is 0.364. The van der Waals surface area contributed by atoms with Crippen LogP contribution >= 0.6 is 11.6 Å². The maximum Gasteiger partial charge on any atom is 0.309 e. The Morgan fingerprint density at radius 2 is 1.97 bits per heavy atom. The molecule has 0 atom stereocenters.